The number of para-hydroxylation sites is 2. The van der Waals surface area contributed by atoms with Gasteiger partial charge in [-0.15, -0.1) is 9.24 Å². The van der Waals surface area contributed by atoms with Crippen LogP contribution in [-0.2, 0) is 11.3 Å². The van der Waals surface area contributed by atoms with Gasteiger partial charge in [0.1, 0.15) is 0 Å². The summed E-state index contributed by atoms with van der Waals surface area (Å²) in [6.45, 7) is 0. The van der Waals surface area contributed by atoms with E-state index in [-0.39, 0.29) is 7.92 Å². The summed E-state index contributed by atoms with van der Waals surface area (Å²) >= 11 is 0. The average molecular weight is 769 g/mol. The zero-order chi connectivity index (χ0) is 37.1. The summed E-state index contributed by atoms with van der Waals surface area (Å²) in [4.78, 5) is 11.1. The second-order valence-electron chi connectivity index (χ2n) is 19.7. The summed E-state index contributed by atoms with van der Waals surface area (Å²) in [5, 5.41) is 2.83. The lowest BCUT2D eigenvalue weighted by Crippen LogP contribution is -2.56. The third kappa shape index (κ3) is 5.55. The summed E-state index contributed by atoms with van der Waals surface area (Å²) in [6.07, 6.45) is 19.5. The summed E-state index contributed by atoms with van der Waals surface area (Å²) < 4.78 is 0. The van der Waals surface area contributed by atoms with Gasteiger partial charge in [-0.05, 0) is 182 Å². The molecule has 2 aromatic heterocycles. The lowest BCUT2D eigenvalue weighted by Gasteiger charge is -2.67. The summed E-state index contributed by atoms with van der Waals surface area (Å²) in [5.41, 5.74) is 9.71. The maximum Gasteiger partial charge on any atom is 0.0936 e. The van der Waals surface area contributed by atoms with Gasteiger partial charge >= 0.3 is 0 Å². The van der Waals surface area contributed by atoms with Gasteiger partial charge in [-0.1, -0.05) is 98.9 Å². The molecule has 56 heavy (non-hydrogen) atoms. The van der Waals surface area contributed by atoms with Gasteiger partial charge in [0.05, 0.1) is 27.6 Å². The molecule has 8 aliphatic rings. The molecule has 2 heterocycles. The minimum absolute atomic E-state index is 0.257. The molecule has 1 unspecified atom stereocenters. The molecule has 0 radical (unpaired) electrons. The Morgan fingerprint density at radius 2 is 0.946 bits per heavy atom. The highest BCUT2D eigenvalue weighted by molar-refractivity contribution is 7.60. The van der Waals surface area contributed by atoms with E-state index >= 15 is 0 Å². The van der Waals surface area contributed by atoms with Crippen LogP contribution in [0.2, 0.25) is 0 Å². The largest absolute Gasteiger partial charge is 0.251 e. The van der Waals surface area contributed by atoms with Crippen molar-refractivity contribution in [3.63, 3.8) is 0 Å². The van der Waals surface area contributed by atoms with E-state index in [4.69, 9.17) is 9.97 Å². The normalized spacial score (nSPS) is 32.0. The fourth-order valence-corrected chi connectivity index (χ4v) is 20.4. The molecule has 14 rings (SSSR count). The standard InChI is InChI=1S/C52H54N2P2/c55-52(48-18-16-41-10-4-6-12-46(41)53-48,49-19-17-42-11-5-7-13-47(42)54-49)45-26-43(40-8-2-1-3-9-40)14-15-44(45)33-56(50-27-34-20-35(28-50)22-36(21-34)29-50)51-30-37-23-38(31-51)25-39(24-37)32-51/h1-19,26,34-39H,20-25,27-33,55H2. The lowest BCUT2D eigenvalue weighted by molar-refractivity contribution is 0.0184. The molecule has 0 aliphatic heterocycles. The molecule has 2 nitrogen and oxygen atoms in total. The Balaban J connectivity index is 1.09. The maximum absolute atomic E-state index is 5.56. The zero-order valence-electron chi connectivity index (χ0n) is 32.6. The van der Waals surface area contributed by atoms with Gasteiger partial charge in [0.25, 0.3) is 0 Å². The number of benzene rings is 4. The van der Waals surface area contributed by atoms with E-state index in [9.17, 15) is 0 Å². The van der Waals surface area contributed by atoms with E-state index < -0.39 is 5.16 Å². The SMILES string of the molecule is PC(c1ccc2ccccc2n1)(c1ccc2ccccc2n1)c1cc(-c2ccccc2)ccc1CP(C12CC3CC(CC(C3)C1)C2)C12CC3CC(CC(C3)C1)C2. The van der Waals surface area contributed by atoms with Crippen LogP contribution in [0.15, 0.2) is 121 Å². The minimum atomic E-state index is -0.641. The van der Waals surface area contributed by atoms with Crippen molar-refractivity contribution in [2.75, 3.05) is 0 Å². The fourth-order valence-electron chi connectivity index (χ4n) is 14.7. The van der Waals surface area contributed by atoms with Crippen molar-refractivity contribution >= 4 is 39.0 Å². The Labute approximate surface area is 336 Å². The zero-order valence-corrected chi connectivity index (χ0v) is 34.7. The van der Waals surface area contributed by atoms with Crippen molar-refractivity contribution in [1.29, 1.82) is 0 Å². The second-order valence-corrected chi connectivity index (χ2v) is 23.6. The Morgan fingerprint density at radius 3 is 1.43 bits per heavy atom. The summed E-state index contributed by atoms with van der Waals surface area (Å²) in [7, 11) is 3.17. The number of fused-ring (bicyclic) bond motifs is 2. The van der Waals surface area contributed by atoms with Crippen molar-refractivity contribution in [2.45, 2.75) is 98.7 Å². The van der Waals surface area contributed by atoms with Crippen LogP contribution in [0, 0.1) is 35.5 Å². The molecule has 8 aliphatic carbocycles. The Kier molecular flexibility index (Phi) is 8.05. The van der Waals surface area contributed by atoms with Crippen molar-refractivity contribution in [2.24, 2.45) is 35.5 Å². The fraction of sp³-hybridized carbons (Fsp3) is 0.423. The quantitative estimate of drug-likeness (QED) is 0.144. The number of nitrogens with zero attached hydrogens (tertiary/aromatic N) is 2. The van der Waals surface area contributed by atoms with Crippen LogP contribution in [0.1, 0.15) is 99.6 Å². The lowest BCUT2D eigenvalue weighted by atomic mass is 9.55. The molecule has 0 spiro atoms. The molecular formula is C52H54N2P2. The van der Waals surface area contributed by atoms with Gasteiger partial charge in [-0.3, -0.25) is 9.97 Å². The topological polar surface area (TPSA) is 25.8 Å². The predicted molar refractivity (Wildman–Crippen MR) is 237 cm³/mol. The molecule has 0 N–H and O–H groups in total. The maximum atomic E-state index is 5.56. The Morgan fingerprint density at radius 1 is 0.500 bits per heavy atom. The minimum Gasteiger partial charge on any atom is -0.251 e. The molecule has 0 saturated heterocycles. The molecule has 4 heteroatoms. The van der Waals surface area contributed by atoms with Crippen LogP contribution in [0.5, 0.6) is 0 Å². The van der Waals surface area contributed by atoms with E-state index in [1.165, 1.54) is 111 Å². The van der Waals surface area contributed by atoms with Gasteiger partial charge in [-0.2, -0.15) is 0 Å². The van der Waals surface area contributed by atoms with Gasteiger partial charge in [0.2, 0.25) is 0 Å². The van der Waals surface area contributed by atoms with Gasteiger partial charge in [-0.25, -0.2) is 0 Å². The van der Waals surface area contributed by atoms with Crippen molar-refractivity contribution in [3.8, 4) is 11.1 Å². The van der Waals surface area contributed by atoms with Crippen molar-refractivity contribution in [3.05, 3.63) is 144 Å². The first-order chi connectivity index (χ1) is 27.4. The monoisotopic (exact) mass is 768 g/mol. The van der Waals surface area contributed by atoms with Crippen LogP contribution in [0.3, 0.4) is 0 Å². The van der Waals surface area contributed by atoms with Crippen LogP contribution in [-0.4, -0.2) is 20.3 Å². The number of hydrogen-bond acceptors (Lipinski definition) is 2. The van der Waals surface area contributed by atoms with E-state index in [0.29, 0.717) is 10.3 Å². The van der Waals surface area contributed by atoms with E-state index in [0.717, 1.165) is 57.9 Å². The highest BCUT2D eigenvalue weighted by Gasteiger charge is 2.62. The molecule has 8 saturated carbocycles. The van der Waals surface area contributed by atoms with Crippen LogP contribution in [0.25, 0.3) is 32.9 Å². The molecule has 0 amide bonds. The van der Waals surface area contributed by atoms with Gasteiger partial charge in [0, 0.05) is 10.8 Å². The molecule has 4 aromatic carbocycles. The van der Waals surface area contributed by atoms with Gasteiger partial charge in [0.15, 0.2) is 0 Å². The second kappa shape index (κ2) is 13.0. The van der Waals surface area contributed by atoms with Crippen molar-refractivity contribution in [1.82, 2.24) is 9.97 Å². The van der Waals surface area contributed by atoms with Crippen LogP contribution < -0.4 is 0 Å². The van der Waals surface area contributed by atoms with E-state index in [2.05, 4.69) is 131 Å². The third-order valence-electron chi connectivity index (χ3n) is 16.1. The predicted octanol–water partition coefficient (Wildman–Crippen LogP) is 13.5. The summed E-state index contributed by atoms with van der Waals surface area (Å²) in [5.74, 6) is 5.86. The highest BCUT2D eigenvalue weighted by atomic mass is 31.1. The van der Waals surface area contributed by atoms with Crippen LogP contribution in [0.4, 0.5) is 0 Å². The number of rotatable bonds is 8. The first-order valence-corrected chi connectivity index (χ1v) is 24.0. The molecular weight excluding hydrogens is 715 g/mol. The smallest absolute Gasteiger partial charge is 0.0936 e. The number of aromatic nitrogens is 2. The molecule has 8 bridgehead atoms. The highest BCUT2D eigenvalue weighted by Crippen LogP contribution is 2.80. The Hall–Kier alpha value is -3.44. The van der Waals surface area contributed by atoms with Crippen molar-refractivity contribution < 1.29 is 0 Å². The first kappa shape index (κ1) is 34.6. The van der Waals surface area contributed by atoms with Gasteiger partial charge < -0.3 is 0 Å². The van der Waals surface area contributed by atoms with E-state index in [1.807, 2.05) is 0 Å². The Bertz CT molecular complexity index is 2280. The number of pyridine rings is 2. The molecule has 282 valence electrons. The molecule has 6 aromatic rings. The number of hydrogen-bond donors (Lipinski definition) is 0. The van der Waals surface area contributed by atoms with Crippen LogP contribution >= 0.6 is 17.2 Å². The third-order valence-corrected chi connectivity index (χ3v) is 21.1. The molecule has 8 fully saturated rings. The molecule has 1 atom stereocenters. The summed E-state index contributed by atoms with van der Waals surface area (Å²) in [6, 6.07) is 45.1. The average Bonchev–Trinajstić information content (AvgIpc) is 3.21. The first-order valence-electron chi connectivity index (χ1n) is 21.9. The van der Waals surface area contributed by atoms with E-state index in [1.54, 1.807) is 5.56 Å².